The first-order valence-corrected chi connectivity index (χ1v) is 14.1. The van der Waals surface area contributed by atoms with E-state index in [4.69, 9.17) is 11.6 Å². The molecule has 35 heavy (non-hydrogen) atoms. The minimum Gasteiger partial charge on any atom is -0.347 e. The molecule has 14 heteroatoms. The first kappa shape index (κ1) is 27.4. The number of hydrogen-bond donors (Lipinski definition) is 3. The molecule has 9 nitrogen and oxygen atoms in total. The van der Waals surface area contributed by atoms with E-state index in [0.717, 1.165) is 47.7 Å². The fraction of sp³-hybridized carbons (Fsp3) is 0.286. The third kappa shape index (κ3) is 6.93. The molecule has 0 radical (unpaired) electrons. The summed E-state index contributed by atoms with van der Waals surface area (Å²) in [6, 6.07) is 8.14. The molecule has 2 amide bonds. The third-order valence-electron chi connectivity index (χ3n) is 5.04. The first-order valence-electron chi connectivity index (χ1n) is 10.2. The highest BCUT2D eigenvalue weighted by molar-refractivity contribution is 7.92. The van der Waals surface area contributed by atoms with Gasteiger partial charge in [-0.2, -0.15) is 0 Å². The summed E-state index contributed by atoms with van der Waals surface area (Å²) in [5.41, 5.74) is 1.90. The Labute approximate surface area is 222 Å². The van der Waals surface area contributed by atoms with Gasteiger partial charge in [0.1, 0.15) is 0 Å². The Bertz CT molecular complexity index is 1360. The number of hydrogen-bond acceptors (Lipinski definition) is 8. The Kier molecular flexibility index (Phi) is 8.78. The number of nitrogens with one attached hydrogen (secondary N) is 3. The van der Waals surface area contributed by atoms with Gasteiger partial charge in [-0.15, -0.1) is 35.1 Å². The number of nitrogens with zero attached hydrogens (tertiary/aromatic N) is 2. The number of fused-ring (bicyclic) bond motifs is 1. The number of thiophene rings is 1. The molecule has 188 valence electrons. The Hall–Kier alpha value is -2.22. The molecular weight excluding hydrogens is 553 g/mol. The lowest BCUT2D eigenvalue weighted by atomic mass is 10.1. The predicted molar refractivity (Wildman–Crippen MR) is 143 cm³/mol. The van der Waals surface area contributed by atoms with Crippen molar-refractivity contribution < 1.29 is 18.0 Å². The van der Waals surface area contributed by atoms with Gasteiger partial charge >= 0.3 is 0 Å². The summed E-state index contributed by atoms with van der Waals surface area (Å²) in [5.74, 6) is -0.769. The van der Waals surface area contributed by atoms with Crippen LogP contribution in [0.1, 0.15) is 35.6 Å². The average molecular weight is 577 g/mol. The quantitative estimate of drug-likeness (QED) is 0.394. The normalized spacial score (nSPS) is 13.5. The number of anilines is 2. The minimum atomic E-state index is -3.62. The lowest BCUT2D eigenvalue weighted by Gasteiger charge is -2.20. The van der Waals surface area contributed by atoms with Crippen LogP contribution in [0.3, 0.4) is 0 Å². The zero-order chi connectivity index (χ0) is 24.5. The molecule has 3 heterocycles. The summed E-state index contributed by atoms with van der Waals surface area (Å²) >= 11 is 8.38. The van der Waals surface area contributed by atoms with Crippen LogP contribution in [0.15, 0.2) is 30.3 Å². The smallest absolute Gasteiger partial charge is 0.284 e. The van der Waals surface area contributed by atoms with Gasteiger partial charge in [-0.25, -0.2) is 13.4 Å². The van der Waals surface area contributed by atoms with Crippen LogP contribution in [0.25, 0.3) is 0 Å². The average Bonchev–Trinajstić information content (AvgIpc) is 3.38. The van der Waals surface area contributed by atoms with Gasteiger partial charge in [-0.05, 0) is 30.8 Å². The van der Waals surface area contributed by atoms with Crippen molar-refractivity contribution in [2.24, 2.45) is 0 Å². The van der Waals surface area contributed by atoms with E-state index in [1.165, 1.54) is 11.3 Å². The van der Waals surface area contributed by atoms with Crippen molar-refractivity contribution in [2.45, 2.75) is 19.5 Å². The van der Waals surface area contributed by atoms with Gasteiger partial charge in [-0.3, -0.25) is 14.3 Å². The summed E-state index contributed by atoms with van der Waals surface area (Å²) in [6.07, 6.45) is 1.80. The second kappa shape index (κ2) is 11.2. The number of aromatic nitrogens is 1. The Morgan fingerprint density at radius 1 is 1.17 bits per heavy atom. The molecule has 0 atom stereocenters. The van der Waals surface area contributed by atoms with Crippen molar-refractivity contribution in [3.8, 4) is 0 Å². The Morgan fingerprint density at radius 2 is 1.94 bits per heavy atom. The first-order chi connectivity index (χ1) is 16.1. The molecule has 3 N–H and O–H groups in total. The number of likely N-dealkylation sites (N-methyl/N-ethyl adjacent to an activating group) is 1. The molecule has 1 aliphatic heterocycles. The van der Waals surface area contributed by atoms with E-state index in [-0.39, 0.29) is 36.2 Å². The highest BCUT2D eigenvalue weighted by atomic mass is 35.5. The van der Waals surface area contributed by atoms with Gasteiger partial charge in [-0.1, -0.05) is 23.7 Å². The lowest BCUT2D eigenvalue weighted by Crippen LogP contribution is -2.25. The van der Waals surface area contributed by atoms with Gasteiger partial charge in [0, 0.05) is 30.9 Å². The molecule has 1 aromatic carbocycles. The van der Waals surface area contributed by atoms with Crippen LogP contribution in [0.2, 0.25) is 4.34 Å². The number of thiazole rings is 1. The van der Waals surface area contributed by atoms with Crippen LogP contribution in [0.5, 0.6) is 0 Å². The Balaban J connectivity index is 0.00000342. The maximum absolute atomic E-state index is 13.1. The number of rotatable bonds is 7. The van der Waals surface area contributed by atoms with E-state index in [1.807, 2.05) is 7.05 Å². The molecule has 0 unspecified atom stereocenters. The van der Waals surface area contributed by atoms with Gasteiger partial charge in [0.2, 0.25) is 10.0 Å². The molecule has 3 aromatic rings. The number of para-hydroxylation sites is 1. The maximum Gasteiger partial charge on any atom is 0.284 e. The summed E-state index contributed by atoms with van der Waals surface area (Å²) < 4.78 is 26.8. The van der Waals surface area contributed by atoms with E-state index in [1.54, 1.807) is 30.3 Å². The fourth-order valence-electron chi connectivity index (χ4n) is 3.47. The van der Waals surface area contributed by atoms with Crippen molar-refractivity contribution in [3.05, 3.63) is 60.7 Å². The van der Waals surface area contributed by atoms with Gasteiger partial charge in [0.25, 0.3) is 11.8 Å². The van der Waals surface area contributed by atoms with Crippen molar-refractivity contribution in [1.29, 1.82) is 0 Å². The number of halogens is 2. The zero-order valence-electron chi connectivity index (χ0n) is 18.8. The van der Waals surface area contributed by atoms with Crippen molar-refractivity contribution in [2.75, 3.05) is 29.9 Å². The molecule has 0 bridgehead atoms. The van der Waals surface area contributed by atoms with Crippen molar-refractivity contribution >= 4 is 79.9 Å². The molecule has 2 aromatic heterocycles. The van der Waals surface area contributed by atoms with E-state index < -0.39 is 15.9 Å². The monoisotopic (exact) mass is 575 g/mol. The van der Waals surface area contributed by atoms with Crippen LogP contribution in [0, 0.1) is 0 Å². The van der Waals surface area contributed by atoms with Crippen molar-refractivity contribution in [1.82, 2.24) is 15.2 Å². The molecule has 0 spiro atoms. The molecule has 0 saturated carbocycles. The molecule has 0 saturated heterocycles. The highest BCUT2D eigenvalue weighted by Crippen LogP contribution is 2.30. The number of carbonyl (C=O) groups excluding carboxylic acids is 2. The van der Waals surface area contributed by atoms with Crippen LogP contribution in [0.4, 0.5) is 11.4 Å². The fourth-order valence-corrected chi connectivity index (χ4v) is 6.08. The van der Waals surface area contributed by atoms with Gasteiger partial charge < -0.3 is 15.5 Å². The summed E-state index contributed by atoms with van der Waals surface area (Å²) in [7, 11) is -1.60. The lowest BCUT2D eigenvalue weighted by molar-refractivity contribution is 0.0954. The van der Waals surface area contributed by atoms with E-state index in [0.29, 0.717) is 19.8 Å². The SMILES string of the molecule is CN1CCc2nc(C(=O)Nc3c(CNC(=O)c4ccc(Cl)s4)cccc3NS(C)(=O)=O)sc2C1.Cl. The standard InChI is InChI=1S/C21H22ClN5O4S3.ClH/c1-27-9-8-13-16(11-27)33-21(24-13)20(29)25-18-12(4-3-5-14(18)26-34(2,30)31)10-23-19(28)15-6-7-17(22)32-15;/h3-7,26H,8-11H2,1-2H3,(H,23,28)(H,25,29);1H. The van der Waals surface area contributed by atoms with E-state index in [2.05, 4.69) is 25.2 Å². The van der Waals surface area contributed by atoms with Crippen LogP contribution in [-0.2, 0) is 29.5 Å². The number of amides is 2. The van der Waals surface area contributed by atoms with Gasteiger partial charge in [0.05, 0.1) is 32.5 Å². The van der Waals surface area contributed by atoms with Crippen molar-refractivity contribution in [3.63, 3.8) is 0 Å². The maximum atomic E-state index is 13.1. The zero-order valence-corrected chi connectivity index (χ0v) is 22.8. The number of carbonyl (C=O) groups is 2. The molecule has 0 aliphatic carbocycles. The second-order valence-corrected chi connectivity index (χ2v) is 12.4. The summed E-state index contributed by atoms with van der Waals surface area (Å²) in [6.45, 7) is 1.66. The molecule has 1 aliphatic rings. The third-order valence-corrected chi connectivity index (χ3v) is 7.94. The minimum absolute atomic E-state index is 0. The molecule has 0 fully saturated rings. The van der Waals surface area contributed by atoms with Crippen LogP contribution >= 0.6 is 46.7 Å². The number of sulfonamides is 1. The van der Waals surface area contributed by atoms with Crippen LogP contribution in [-0.4, -0.2) is 50.0 Å². The van der Waals surface area contributed by atoms with E-state index in [9.17, 15) is 18.0 Å². The topological polar surface area (TPSA) is 120 Å². The predicted octanol–water partition coefficient (Wildman–Crippen LogP) is 3.82. The largest absolute Gasteiger partial charge is 0.347 e. The molecule has 4 rings (SSSR count). The highest BCUT2D eigenvalue weighted by Gasteiger charge is 2.23. The molecular formula is C21H23Cl2N5O4S3. The Morgan fingerprint density at radius 3 is 2.63 bits per heavy atom. The summed E-state index contributed by atoms with van der Waals surface area (Å²) in [4.78, 5) is 33.7. The van der Waals surface area contributed by atoms with Gasteiger partial charge in [0.15, 0.2) is 5.01 Å². The number of benzene rings is 1. The van der Waals surface area contributed by atoms with E-state index >= 15 is 0 Å². The second-order valence-electron chi connectivity index (χ2n) is 7.83. The summed E-state index contributed by atoms with van der Waals surface area (Å²) in [5, 5.41) is 5.89. The van der Waals surface area contributed by atoms with Crippen LogP contribution < -0.4 is 15.4 Å².